The van der Waals surface area contributed by atoms with E-state index in [9.17, 15) is 15.3 Å². The molecule has 0 aliphatic rings. The average molecular weight is 265 g/mol. The van der Waals surface area contributed by atoms with Gasteiger partial charge in [0.15, 0.2) is 0 Å². The zero-order valence-electron chi connectivity index (χ0n) is 11.0. The Morgan fingerprint density at radius 1 is 1.37 bits per heavy atom. The van der Waals surface area contributed by atoms with Gasteiger partial charge in [-0.2, -0.15) is 0 Å². The van der Waals surface area contributed by atoms with Gasteiger partial charge < -0.3 is 25.6 Å². The molecule has 0 saturated heterocycles. The molecule has 19 heavy (non-hydrogen) atoms. The molecule has 104 valence electrons. The molecule has 2 rings (SSSR count). The fourth-order valence-corrected chi connectivity index (χ4v) is 2.15. The number of imidazole rings is 1. The van der Waals surface area contributed by atoms with Gasteiger partial charge in [-0.3, -0.25) is 0 Å². The van der Waals surface area contributed by atoms with E-state index in [1.165, 1.54) is 0 Å². The molecular weight excluding hydrogens is 246 g/mol. The number of fused-ring (bicyclic) bond motifs is 1. The van der Waals surface area contributed by atoms with Gasteiger partial charge >= 0.3 is 0 Å². The molecule has 1 heterocycles. The molecular formula is C13H19N3O3. The van der Waals surface area contributed by atoms with Gasteiger partial charge in [0.2, 0.25) is 0 Å². The Hall–Kier alpha value is -1.63. The lowest BCUT2D eigenvalue weighted by Crippen LogP contribution is -2.39. The second-order valence-corrected chi connectivity index (χ2v) is 5.04. The van der Waals surface area contributed by atoms with E-state index >= 15 is 0 Å². The topological polar surface area (TPSA) is 105 Å². The van der Waals surface area contributed by atoms with Crippen molar-refractivity contribution in [1.29, 1.82) is 0 Å². The van der Waals surface area contributed by atoms with Gasteiger partial charge in [-0.05, 0) is 32.0 Å². The molecule has 0 spiro atoms. The number of hydrogen-bond donors (Lipinski definition) is 4. The predicted octanol–water partition coefficient (Wildman–Crippen LogP) is 0.372. The SMILES string of the molecule is CC(O)c1nc2cc(N)ccc2n1C(C)(CO)CO. The number of rotatable bonds is 4. The van der Waals surface area contributed by atoms with Crippen LogP contribution < -0.4 is 5.73 Å². The van der Waals surface area contributed by atoms with E-state index in [1.54, 1.807) is 36.6 Å². The molecule has 0 radical (unpaired) electrons. The third-order valence-corrected chi connectivity index (χ3v) is 3.30. The van der Waals surface area contributed by atoms with Crippen LogP contribution in [0.1, 0.15) is 25.8 Å². The van der Waals surface area contributed by atoms with E-state index in [0.29, 0.717) is 17.0 Å². The first-order valence-corrected chi connectivity index (χ1v) is 6.11. The van der Waals surface area contributed by atoms with E-state index < -0.39 is 11.6 Å². The minimum absolute atomic E-state index is 0.265. The maximum absolute atomic E-state index is 9.85. The van der Waals surface area contributed by atoms with Gasteiger partial charge in [0.05, 0.1) is 29.8 Å². The van der Waals surface area contributed by atoms with E-state index in [0.717, 1.165) is 5.52 Å². The molecule has 1 unspecified atom stereocenters. The van der Waals surface area contributed by atoms with Gasteiger partial charge in [-0.15, -0.1) is 0 Å². The Bertz CT molecular complexity index is 588. The van der Waals surface area contributed by atoms with Crippen LogP contribution in [0.25, 0.3) is 11.0 Å². The van der Waals surface area contributed by atoms with Crippen molar-refractivity contribution < 1.29 is 15.3 Å². The number of aromatic nitrogens is 2. The van der Waals surface area contributed by atoms with Crippen LogP contribution in [0.5, 0.6) is 0 Å². The highest BCUT2D eigenvalue weighted by molar-refractivity contribution is 5.80. The fourth-order valence-electron chi connectivity index (χ4n) is 2.15. The molecule has 0 bridgehead atoms. The lowest BCUT2D eigenvalue weighted by molar-refractivity contribution is 0.0704. The van der Waals surface area contributed by atoms with E-state index in [2.05, 4.69) is 4.98 Å². The quantitative estimate of drug-likeness (QED) is 0.598. The third-order valence-electron chi connectivity index (χ3n) is 3.30. The largest absolute Gasteiger partial charge is 0.399 e. The van der Waals surface area contributed by atoms with E-state index in [4.69, 9.17) is 5.73 Å². The number of nitrogens with zero attached hydrogens (tertiary/aromatic N) is 2. The van der Waals surface area contributed by atoms with Crippen molar-refractivity contribution in [2.24, 2.45) is 0 Å². The number of nitrogen functional groups attached to an aromatic ring is 1. The first kappa shape index (κ1) is 13.8. The zero-order chi connectivity index (χ0) is 14.2. The maximum atomic E-state index is 9.85. The van der Waals surface area contributed by atoms with Crippen LogP contribution in [-0.2, 0) is 5.54 Å². The van der Waals surface area contributed by atoms with E-state index in [1.807, 2.05) is 0 Å². The second-order valence-electron chi connectivity index (χ2n) is 5.04. The summed E-state index contributed by atoms with van der Waals surface area (Å²) in [6.45, 7) is 2.77. The molecule has 1 atom stereocenters. The number of anilines is 1. The van der Waals surface area contributed by atoms with Crippen LogP contribution in [0.3, 0.4) is 0 Å². The normalized spacial score (nSPS) is 13.9. The first-order valence-electron chi connectivity index (χ1n) is 6.11. The number of benzene rings is 1. The van der Waals surface area contributed by atoms with Gasteiger partial charge in [0.25, 0.3) is 0 Å². The molecule has 6 nitrogen and oxygen atoms in total. The number of aliphatic hydroxyl groups excluding tert-OH is 3. The van der Waals surface area contributed by atoms with Crippen LogP contribution in [0.4, 0.5) is 5.69 Å². The Labute approximate surface area is 111 Å². The van der Waals surface area contributed by atoms with Crippen molar-refractivity contribution >= 4 is 16.7 Å². The molecule has 6 heteroatoms. The van der Waals surface area contributed by atoms with Crippen LogP contribution in [0.2, 0.25) is 0 Å². The second kappa shape index (κ2) is 4.80. The average Bonchev–Trinajstić information content (AvgIpc) is 2.77. The Morgan fingerprint density at radius 3 is 2.53 bits per heavy atom. The summed E-state index contributed by atoms with van der Waals surface area (Å²) in [5, 5.41) is 29.0. The molecule has 0 aliphatic carbocycles. The van der Waals surface area contributed by atoms with Crippen LogP contribution in [0.15, 0.2) is 18.2 Å². The third kappa shape index (κ3) is 2.18. The Kier molecular flexibility index (Phi) is 3.49. The van der Waals surface area contributed by atoms with Crippen molar-refractivity contribution in [3.05, 3.63) is 24.0 Å². The summed E-state index contributed by atoms with van der Waals surface area (Å²) in [5.41, 5.74) is 6.71. The van der Waals surface area contributed by atoms with Crippen molar-refractivity contribution in [3.63, 3.8) is 0 Å². The van der Waals surface area contributed by atoms with Crippen molar-refractivity contribution in [2.45, 2.75) is 25.5 Å². The summed E-state index contributed by atoms with van der Waals surface area (Å²) >= 11 is 0. The highest BCUT2D eigenvalue weighted by Crippen LogP contribution is 2.29. The van der Waals surface area contributed by atoms with Crippen molar-refractivity contribution in [1.82, 2.24) is 9.55 Å². The molecule has 2 aromatic rings. The van der Waals surface area contributed by atoms with Gasteiger partial charge in [-0.25, -0.2) is 4.98 Å². The predicted molar refractivity (Wildman–Crippen MR) is 72.6 cm³/mol. The number of aliphatic hydroxyl groups is 3. The van der Waals surface area contributed by atoms with Gasteiger partial charge in [-0.1, -0.05) is 0 Å². The first-order chi connectivity index (χ1) is 8.92. The summed E-state index contributed by atoms with van der Waals surface area (Å²) in [6, 6.07) is 5.20. The van der Waals surface area contributed by atoms with Gasteiger partial charge in [0, 0.05) is 5.69 Å². The fraction of sp³-hybridized carbons (Fsp3) is 0.462. The Balaban J connectivity index is 2.79. The summed E-state index contributed by atoms with van der Waals surface area (Å²) in [5.74, 6) is 0.395. The minimum Gasteiger partial charge on any atom is -0.399 e. The van der Waals surface area contributed by atoms with Gasteiger partial charge in [0.1, 0.15) is 11.9 Å². The van der Waals surface area contributed by atoms with Crippen LogP contribution >= 0.6 is 0 Å². The summed E-state index contributed by atoms with van der Waals surface area (Å²) in [7, 11) is 0. The van der Waals surface area contributed by atoms with Crippen LogP contribution in [0, 0.1) is 0 Å². The summed E-state index contributed by atoms with van der Waals surface area (Å²) in [6.07, 6.45) is -0.814. The molecule has 0 fully saturated rings. The molecule has 1 aromatic heterocycles. The molecule has 0 aliphatic heterocycles. The maximum Gasteiger partial charge on any atom is 0.139 e. The summed E-state index contributed by atoms with van der Waals surface area (Å²) in [4.78, 5) is 4.35. The Morgan fingerprint density at radius 2 is 2.00 bits per heavy atom. The molecule has 5 N–H and O–H groups in total. The number of hydrogen-bond acceptors (Lipinski definition) is 5. The van der Waals surface area contributed by atoms with E-state index in [-0.39, 0.29) is 13.2 Å². The van der Waals surface area contributed by atoms with Crippen molar-refractivity contribution in [2.75, 3.05) is 18.9 Å². The summed E-state index contributed by atoms with van der Waals surface area (Å²) < 4.78 is 1.67. The molecule has 1 aromatic carbocycles. The van der Waals surface area contributed by atoms with Crippen LogP contribution in [-0.4, -0.2) is 38.1 Å². The standard InChI is InChI=1S/C13H19N3O3/c1-8(19)12-15-10-5-9(14)3-4-11(10)16(12)13(2,6-17)7-18/h3-5,8,17-19H,6-7,14H2,1-2H3. The highest BCUT2D eigenvalue weighted by Gasteiger charge is 2.31. The molecule has 0 saturated carbocycles. The lowest BCUT2D eigenvalue weighted by atomic mass is 10.0. The highest BCUT2D eigenvalue weighted by atomic mass is 16.3. The minimum atomic E-state index is -0.933. The molecule has 0 amide bonds. The van der Waals surface area contributed by atoms with Crippen molar-refractivity contribution in [3.8, 4) is 0 Å². The zero-order valence-corrected chi connectivity index (χ0v) is 11.0. The smallest absolute Gasteiger partial charge is 0.139 e. The number of nitrogens with two attached hydrogens (primary N) is 1. The lowest BCUT2D eigenvalue weighted by Gasteiger charge is -2.30. The monoisotopic (exact) mass is 265 g/mol.